The van der Waals surface area contributed by atoms with Gasteiger partial charge in [0.05, 0.1) is 0 Å². The summed E-state index contributed by atoms with van der Waals surface area (Å²) in [5.74, 6) is -1.30. The Bertz CT molecular complexity index is 289. The number of carbonyl (C=O) groups is 3. The van der Waals surface area contributed by atoms with Crippen molar-refractivity contribution in [1.82, 2.24) is 9.80 Å². The fraction of sp³-hybridized carbons (Fsp3) is 0.625. The number of carboxylic acid groups (broad SMARTS) is 1. The monoisotopic (exact) mass is 200 g/mol. The van der Waals surface area contributed by atoms with Gasteiger partial charge < -0.3 is 10.0 Å². The van der Waals surface area contributed by atoms with Gasteiger partial charge in [-0.05, 0) is 6.42 Å². The number of carbonyl (C=O) groups excluding carboxylic acids is 2. The molecule has 1 atom stereocenters. The van der Waals surface area contributed by atoms with Crippen molar-refractivity contribution in [3.05, 3.63) is 0 Å². The van der Waals surface area contributed by atoms with Gasteiger partial charge in [-0.1, -0.05) is 0 Å². The Morgan fingerprint density at radius 1 is 1.43 bits per heavy atom. The maximum Gasteiger partial charge on any atom is 0.326 e. The summed E-state index contributed by atoms with van der Waals surface area (Å²) in [4.78, 5) is 35.2. The molecule has 78 valence electrons. The number of nitrogens with zero attached hydrogens (tertiary/aromatic N) is 2. The molecule has 1 N–H and O–H groups in total. The van der Waals surface area contributed by atoms with E-state index in [9.17, 15) is 14.4 Å². The van der Waals surface area contributed by atoms with Crippen molar-refractivity contribution >= 4 is 17.9 Å². The summed E-state index contributed by atoms with van der Waals surface area (Å²) in [5, 5.41) is 8.45. The first-order valence-corrected chi connectivity index (χ1v) is 4.21. The lowest BCUT2D eigenvalue weighted by molar-refractivity contribution is -0.137. The van der Waals surface area contributed by atoms with Crippen LogP contribution in [0.1, 0.15) is 12.8 Å². The van der Waals surface area contributed by atoms with E-state index in [1.165, 1.54) is 19.0 Å². The number of amides is 3. The first kappa shape index (κ1) is 10.5. The summed E-state index contributed by atoms with van der Waals surface area (Å²) >= 11 is 0. The summed E-state index contributed by atoms with van der Waals surface area (Å²) < 4.78 is 0. The van der Waals surface area contributed by atoms with Crippen molar-refractivity contribution in [1.29, 1.82) is 0 Å². The van der Waals surface area contributed by atoms with Gasteiger partial charge in [-0.2, -0.15) is 0 Å². The van der Waals surface area contributed by atoms with Gasteiger partial charge in [-0.25, -0.2) is 4.79 Å². The molecule has 1 heterocycles. The molecule has 0 spiro atoms. The Hall–Kier alpha value is -1.59. The molecule has 1 unspecified atom stereocenters. The quantitative estimate of drug-likeness (QED) is 0.637. The standard InChI is InChI=1S/C8H12N2O4/c1-9-5(3-4-6(11)12)7(13)10(2)8(9)14/h5H,3-4H2,1-2H3,(H,11,12). The van der Waals surface area contributed by atoms with Crippen LogP contribution in [0.5, 0.6) is 0 Å². The topological polar surface area (TPSA) is 77.9 Å². The predicted molar refractivity (Wildman–Crippen MR) is 46.6 cm³/mol. The van der Waals surface area contributed by atoms with E-state index in [-0.39, 0.29) is 24.8 Å². The van der Waals surface area contributed by atoms with E-state index < -0.39 is 12.0 Å². The largest absolute Gasteiger partial charge is 0.481 e. The van der Waals surface area contributed by atoms with Crippen LogP contribution in [0.25, 0.3) is 0 Å². The summed E-state index contributed by atoms with van der Waals surface area (Å²) in [6.07, 6.45) is 0.0581. The summed E-state index contributed by atoms with van der Waals surface area (Å²) in [6.45, 7) is 0. The molecule has 14 heavy (non-hydrogen) atoms. The zero-order valence-electron chi connectivity index (χ0n) is 8.06. The van der Waals surface area contributed by atoms with Crippen LogP contribution < -0.4 is 0 Å². The van der Waals surface area contributed by atoms with Gasteiger partial charge in [-0.3, -0.25) is 14.5 Å². The number of hydrogen-bond donors (Lipinski definition) is 1. The average Bonchev–Trinajstić information content (AvgIpc) is 2.29. The van der Waals surface area contributed by atoms with E-state index in [2.05, 4.69) is 0 Å². The number of aliphatic carboxylic acids is 1. The molecule has 1 rings (SSSR count). The minimum absolute atomic E-state index is 0.109. The number of carboxylic acids is 1. The predicted octanol–water partition coefficient (Wildman–Crippen LogP) is -0.256. The van der Waals surface area contributed by atoms with Crippen molar-refractivity contribution in [2.75, 3.05) is 14.1 Å². The molecule has 0 aliphatic carbocycles. The SMILES string of the molecule is CN1C(=O)C(CCC(=O)O)N(C)C1=O. The number of rotatable bonds is 3. The Balaban J connectivity index is 2.65. The van der Waals surface area contributed by atoms with Crippen LogP contribution in [0.3, 0.4) is 0 Å². The highest BCUT2D eigenvalue weighted by molar-refractivity contribution is 6.03. The van der Waals surface area contributed by atoms with Gasteiger partial charge in [0.1, 0.15) is 6.04 Å². The molecule has 0 aromatic heterocycles. The Kier molecular flexibility index (Phi) is 2.73. The Morgan fingerprint density at radius 2 is 2.00 bits per heavy atom. The molecule has 6 nitrogen and oxygen atoms in total. The maximum atomic E-state index is 11.4. The van der Waals surface area contributed by atoms with Crippen LogP contribution in [-0.2, 0) is 9.59 Å². The third kappa shape index (κ3) is 1.68. The lowest BCUT2D eigenvalue weighted by Crippen LogP contribution is -2.31. The van der Waals surface area contributed by atoms with Gasteiger partial charge in [0, 0.05) is 20.5 Å². The molecule has 6 heteroatoms. The van der Waals surface area contributed by atoms with E-state index in [1.54, 1.807) is 0 Å². The second-order valence-corrected chi connectivity index (χ2v) is 3.24. The fourth-order valence-electron chi connectivity index (χ4n) is 1.43. The highest BCUT2D eigenvalue weighted by Crippen LogP contribution is 2.17. The highest BCUT2D eigenvalue weighted by Gasteiger charge is 2.40. The van der Waals surface area contributed by atoms with Crippen molar-refractivity contribution in [3.63, 3.8) is 0 Å². The lowest BCUT2D eigenvalue weighted by atomic mass is 10.1. The van der Waals surface area contributed by atoms with Gasteiger partial charge in [0.2, 0.25) is 0 Å². The van der Waals surface area contributed by atoms with Crippen LogP contribution in [-0.4, -0.2) is 53.0 Å². The van der Waals surface area contributed by atoms with Crippen LogP contribution >= 0.6 is 0 Å². The minimum Gasteiger partial charge on any atom is -0.481 e. The van der Waals surface area contributed by atoms with Crippen molar-refractivity contribution < 1.29 is 19.5 Å². The number of hydrogen-bond acceptors (Lipinski definition) is 3. The normalized spacial score (nSPS) is 22.0. The molecule has 1 saturated heterocycles. The Labute approximate surface area is 81.1 Å². The van der Waals surface area contributed by atoms with E-state index in [0.717, 1.165) is 4.90 Å². The maximum absolute atomic E-state index is 11.4. The molecule has 1 aliphatic rings. The third-order valence-corrected chi connectivity index (χ3v) is 2.30. The van der Waals surface area contributed by atoms with E-state index in [4.69, 9.17) is 5.11 Å². The third-order valence-electron chi connectivity index (χ3n) is 2.30. The van der Waals surface area contributed by atoms with E-state index >= 15 is 0 Å². The second-order valence-electron chi connectivity index (χ2n) is 3.24. The molecule has 3 amide bonds. The number of urea groups is 1. The second kappa shape index (κ2) is 3.65. The van der Waals surface area contributed by atoms with Crippen LogP contribution in [0.4, 0.5) is 4.79 Å². The summed E-state index contributed by atoms with van der Waals surface area (Å²) in [7, 11) is 2.89. The van der Waals surface area contributed by atoms with E-state index in [0.29, 0.717) is 0 Å². The molecular weight excluding hydrogens is 188 g/mol. The number of imide groups is 1. The molecule has 0 saturated carbocycles. The Morgan fingerprint density at radius 3 is 2.36 bits per heavy atom. The average molecular weight is 200 g/mol. The first-order chi connectivity index (χ1) is 6.45. The molecule has 1 fully saturated rings. The smallest absolute Gasteiger partial charge is 0.326 e. The van der Waals surface area contributed by atoms with Crippen LogP contribution in [0.2, 0.25) is 0 Å². The lowest BCUT2D eigenvalue weighted by Gasteiger charge is -2.14. The number of likely N-dealkylation sites (N-methyl/N-ethyl adjacent to an activating group) is 2. The zero-order chi connectivity index (χ0) is 10.9. The fourth-order valence-corrected chi connectivity index (χ4v) is 1.43. The van der Waals surface area contributed by atoms with Crippen molar-refractivity contribution in [3.8, 4) is 0 Å². The zero-order valence-corrected chi connectivity index (χ0v) is 8.06. The molecule has 0 bridgehead atoms. The van der Waals surface area contributed by atoms with Crippen molar-refractivity contribution in [2.45, 2.75) is 18.9 Å². The van der Waals surface area contributed by atoms with Crippen molar-refractivity contribution in [2.24, 2.45) is 0 Å². The molecular formula is C8H12N2O4. The van der Waals surface area contributed by atoms with Crippen LogP contribution in [0.15, 0.2) is 0 Å². The molecule has 0 radical (unpaired) electrons. The molecule has 0 aromatic carbocycles. The van der Waals surface area contributed by atoms with Gasteiger partial charge in [0.25, 0.3) is 5.91 Å². The van der Waals surface area contributed by atoms with Gasteiger partial charge >= 0.3 is 12.0 Å². The first-order valence-electron chi connectivity index (χ1n) is 4.21. The van der Waals surface area contributed by atoms with E-state index in [1.807, 2.05) is 0 Å². The summed E-state index contributed by atoms with van der Waals surface area (Å²) in [6, 6.07) is -1.01. The molecule has 1 aliphatic heterocycles. The van der Waals surface area contributed by atoms with Gasteiger partial charge in [0.15, 0.2) is 0 Å². The van der Waals surface area contributed by atoms with Gasteiger partial charge in [-0.15, -0.1) is 0 Å². The highest BCUT2D eigenvalue weighted by atomic mass is 16.4. The molecule has 0 aromatic rings. The summed E-state index contributed by atoms with van der Waals surface area (Å²) in [5.41, 5.74) is 0. The minimum atomic E-state index is -0.965. The van der Waals surface area contributed by atoms with Crippen LogP contribution in [0, 0.1) is 0 Å².